The second-order valence-electron chi connectivity index (χ2n) is 5.82. The summed E-state index contributed by atoms with van der Waals surface area (Å²) >= 11 is 1.66. The predicted octanol–water partition coefficient (Wildman–Crippen LogP) is 2.49. The second-order valence-corrected chi connectivity index (χ2v) is 6.89. The van der Waals surface area contributed by atoms with Crippen LogP contribution in [0.2, 0.25) is 0 Å². The van der Waals surface area contributed by atoms with Gasteiger partial charge in [0.25, 0.3) is 0 Å². The molecule has 2 aromatic heterocycles. The Kier molecular flexibility index (Phi) is 3.07. The Balaban J connectivity index is 1.50. The van der Waals surface area contributed by atoms with Crippen molar-refractivity contribution >= 4 is 11.3 Å². The second kappa shape index (κ2) is 4.93. The molecule has 3 atom stereocenters. The Hall–Kier alpha value is -1.27. The summed E-state index contributed by atoms with van der Waals surface area (Å²) in [5.74, 6) is 3.00. The van der Waals surface area contributed by atoms with E-state index in [0.717, 1.165) is 34.9 Å². The van der Waals surface area contributed by atoms with E-state index < -0.39 is 0 Å². The van der Waals surface area contributed by atoms with E-state index in [-0.39, 0.29) is 6.04 Å². The third-order valence-electron chi connectivity index (χ3n) is 4.50. The molecule has 3 heterocycles. The molecule has 1 saturated carbocycles. The van der Waals surface area contributed by atoms with Crippen molar-refractivity contribution in [3.05, 3.63) is 27.8 Å². The number of hydrogen-bond donors (Lipinski definition) is 1. The maximum absolute atomic E-state index is 5.49. The van der Waals surface area contributed by atoms with Gasteiger partial charge in [0.1, 0.15) is 0 Å². The highest BCUT2D eigenvalue weighted by molar-refractivity contribution is 7.09. The third kappa shape index (κ3) is 2.16. The molecule has 4 rings (SSSR count). The van der Waals surface area contributed by atoms with Crippen molar-refractivity contribution in [3.63, 3.8) is 0 Å². The Bertz CT molecular complexity index is 608. The first-order chi connectivity index (χ1) is 9.79. The van der Waals surface area contributed by atoms with Crippen molar-refractivity contribution in [2.24, 2.45) is 11.8 Å². The normalized spacial score (nSPS) is 28.9. The van der Waals surface area contributed by atoms with Crippen LogP contribution in [0.15, 0.2) is 9.90 Å². The fourth-order valence-corrected chi connectivity index (χ4v) is 4.19. The lowest BCUT2D eigenvalue weighted by atomic mass is 9.94. The molecule has 0 spiro atoms. The SMILES string of the molecule is Cc1nc(Cc2noc(C3NCC4CCCC43)n2)cs1. The van der Waals surface area contributed by atoms with E-state index in [9.17, 15) is 0 Å². The summed E-state index contributed by atoms with van der Waals surface area (Å²) in [6, 6.07) is 0.265. The van der Waals surface area contributed by atoms with Crippen molar-refractivity contribution in [1.29, 1.82) is 0 Å². The first kappa shape index (κ1) is 12.5. The standard InChI is InChI=1S/C14H18N4OS/c1-8-16-10(7-20-8)5-12-17-14(19-18-12)13-11-4-2-3-9(11)6-15-13/h7,9,11,13,15H,2-6H2,1H3. The molecule has 1 N–H and O–H groups in total. The van der Waals surface area contributed by atoms with Crippen LogP contribution < -0.4 is 5.32 Å². The summed E-state index contributed by atoms with van der Waals surface area (Å²) in [6.07, 6.45) is 4.62. The van der Waals surface area contributed by atoms with Gasteiger partial charge in [-0.2, -0.15) is 4.98 Å². The molecule has 6 heteroatoms. The summed E-state index contributed by atoms with van der Waals surface area (Å²) in [4.78, 5) is 9.03. The van der Waals surface area contributed by atoms with Crippen LogP contribution in [-0.4, -0.2) is 21.7 Å². The van der Waals surface area contributed by atoms with Gasteiger partial charge in [0, 0.05) is 5.38 Å². The zero-order valence-corrected chi connectivity index (χ0v) is 12.3. The highest BCUT2D eigenvalue weighted by Gasteiger charge is 2.42. The summed E-state index contributed by atoms with van der Waals surface area (Å²) in [6.45, 7) is 3.11. The maximum Gasteiger partial charge on any atom is 0.244 e. The van der Waals surface area contributed by atoms with Crippen LogP contribution in [0.1, 0.15) is 47.7 Å². The monoisotopic (exact) mass is 290 g/mol. The smallest absolute Gasteiger partial charge is 0.244 e. The van der Waals surface area contributed by atoms with Crippen molar-refractivity contribution in [3.8, 4) is 0 Å². The molecule has 0 aromatic carbocycles. The van der Waals surface area contributed by atoms with E-state index in [1.54, 1.807) is 11.3 Å². The minimum Gasteiger partial charge on any atom is -0.338 e. The Morgan fingerprint density at radius 3 is 3.20 bits per heavy atom. The van der Waals surface area contributed by atoms with Crippen LogP contribution in [0.4, 0.5) is 0 Å². The van der Waals surface area contributed by atoms with E-state index in [0.29, 0.717) is 12.3 Å². The molecule has 0 amide bonds. The molecule has 1 saturated heterocycles. The number of thiazole rings is 1. The number of nitrogens with zero attached hydrogens (tertiary/aromatic N) is 3. The molecular formula is C14H18N4OS. The fourth-order valence-electron chi connectivity index (χ4n) is 3.57. The summed E-state index contributed by atoms with van der Waals surface area (Å²) in [5, 5.41) is 10.8. The van der Waals surface area contributed by atoms with Gasteiger partial charge in [-0.05, 0) is 38.1 Å². The molecule has 0 radical (unpaired) electrons. The Labute approximate surface area is 121 Å². The number of aromatic nitrogens is 3. The maximum atomic E-state index is 5.49. The quantitative estimate of drug-likeness (QED) is 0.941. The summed E-state index contributed by atoms with van der Waals surface area (Å²) in [5.41, 5.74) is 1.03. The minimum atomic E-state index is 0.265. The van der Waals surface area contributed by atoms with Gasteiger partial charge in [-0.15, -0.1) is 11.3 Å². The van der Waals surface area contributed by atoms with Gasteiger partial charge >= 0.3 is 0 Å². The molecule has 2 aliphatic rings. The number of aryl methyl sites for hydroxylation is 1. The lowest BCUT2D eigenvalue weighted by molar-refractivity contribution is 0.301. The Morgan fingerprint density at radius 2 is 2.35 bits per heavy atom. The van der Waals surface area contributed by atoms with E-state index in [1.165, 1.54) is 19.3 Å². The van der Waals surface area contributed by atoms with Gasteiger partial charge in [0.15, 0.2) is 5.82 Å². The van der Waals surface area contributed by atoms with Crippen molar-refractivity contribution in [1.82, 2.24) is 20.4 Å². The van der Waals surface area contributed by atoms with Gasteiger partial charge in [-0.25, -0.2) is 4.98 Å². The van der Waals surface area contributed by atoms with Crippen LogP contribution in [0.25, 0.3) is 0 Å². The predicted molar refractivity (Wildman–Crippen MR) is 75.5 cm³/mol. The van der Waals surface area contributed by atoms with Crippen molar-refractivity contribution in [2.45, 2.75) is 38.6 Å². The lowest BCUT2D eigenvalue weighted by Gasteiger charge is -2.13. The zero-order chi connectivity index (χ0) is 13.5. The topological polar surface area (TPSA) is 63.8 Å². The highest BCUT2D eigenvalue weighted by Crippen LogP contribution is 2.43. The molecule has 5 nitrogen and oxygen atoms in total. The van der Waals surface area contributed by atoms with Crippen LogP contribution in [0.5, 0.6) is 0 Å². The van der Waals surface area contributed by atoms with E-state index in [4.69, 9.17) is 4.52 Å². The zero-order valence-electron chi connectivity index (χ0n) is 11.5. The van der Waals surface area contributed by atoms with Crippen LogP contribution in [0, 0.1) is 18.8 Å². The summed E-state index contributed by atoms with van der Waals surface area (Å²) in [7, 11) is 0. The molecule has 20 heavy (non-hydrogen) atoms. The fraction of sp³-hybridized carbons (Fsp3) is 0.643. The molecule has 106 valence electrons. The molecule has 2 aromatic rings. The molecule has 1 aliphatic carbocycles. The molecule has 3 unspecified atom stereocenters. The number of fused-ring (bicyclic) bond motifs is 1. The number of nitrogens with one attached hydrogen (secondary N) is 1. The average molecular weight is 290 g/mol. The number of hydrogen-bond acceptors (Lipinski definition) is 6. The first-order valence-corrected chi connectivity index (χ1v) is 8.14. The van der Waals surface area contributed by atoms with Gasteiger partial charge < -0.3 is 9.84 Å². The Morgan fingerprint density at radius 1 is 1.40 bits per heavy atom. The van der Waals surface area contributed by atoms with E-state index >= 15 is 0 Å². The third-order valence-corrected chi connectivity index (χ3v) is 5.32. The van der Waals surface area contributed by atoms with Gasteiger partial charge in [-0.3, -0.25) is 0 Å². The van der Waals surface area contributed by atoms with Crippen LogP contribution in [-0.2, 0) is 6.42 Å². The van der Waals surface area contributed by atoms with Crippen molar-refractivity contribution < 1.29 is 4.52 Å². The van der Waals surface area contributed by atoms with E-state index in [2.05, 4.69) is 25.8 Å². The molecule has 0 bridgehead atoms. The minimum absolute atomic E-state index is 0.265. The van der Waals surface area contributed by atoms with Gasteiger partial charge in [0.2, 0.25) is 5.89 Å². The lowest BCUT2D eigenvalue weighted by Crippen LogP contribution is -2.18. The average Bonchev–Trinajstić information content (AvgIpc) is 3.14. The molecule has 1 aliphatic heterocycles. The van der Waals surface area contributed by atoms with E-state index in [1.807, 2.05) is 6.92 Å². The van der Waals surface area contributed by atoms with Gasteiger partial charge in [0.05, 0.1) is 23.2 Å². The van der Waals surface area contributed by atoms with Crippen molar-refractivity contribution in [2.75, 3.05) is 6.54 Å². The highest BCUT2D eigenvalue weighted by atomic mass is 32.1. The largest absolute Gasteiger partial charge is 0.338 e. The number of rotatable bonds is 3. The van der Waals surface area contributed by atoms with Crippen LogP contribution >= 0.6 is 11.3 Å². The molecule has 2 fully saturated rings. The summed E-state index contributed by atoms with van der Waals surface area (Å²) < 4.78 is 5.49. The first-order valence-electron chi connectivity index (χ1n) is 7.26. The van der Waals surface area contributed by atoms with Gasteiger partial charge in [-0.1, -0.05) is 11.6 Å². The van der Waals surface area contributed by atoms with Crippen LogP contribution in [0.3, 0.4) is 0 Å². The molecular weight excluding hydrogens is 272 g/mol.